The molecule has 1 fully saturated rings. The van der Waals surface area contributed by atoms with Crippen LogP contribution in [0.5, 0.6) is 5.75 Å². The van der Waals surface area contributed by atoms with Gasteiger partial charge >= 0.3 is 12.4 Å². The Hall–Kier alpha value is -4.53. The van der Waals surface area contributed by atoms with Gasteiger partial charge in [-0.3, -0.25) is 9.69 Å². The minimum absolute atomic E-state index is 0.129. The largest absolute Gasteiger partial charge is 0.489 e. The minimum Gasteiger partial charge on any atom is -0.489 e. The van der Waals surface area contributed by atoms with Crippen molar-refractivity contribution < 1.29 is 35.9 Å². The van der Waals surface area contributed by atoms with Gasteiger partial charge in [0, 0.05) is 49.0 Å². The fraction of sp³-hybridized carbons (Fsp3) is 0.296. The van der Waals surface area contributed by atoms with Crippen LogP contribution in [0.25, 0.3) is 0 Å². The first-order valence-corrected chi connectivity index (χ1v) is 12.7. The van der Waals surface area contributed by atoms with Crippen LogP contribution in [0.1, 0.15) is 5.56 Å². The molecule has 2 aliphatic heterocycles. The van der Waals surface area contributed by atoms with Crippen molar-refractivity contribution in [3.8, 4) is 5.75 Å². The molecule has 0 unspecified atom stereocenters. The van der Waals surface area contributed by atoms with E-state index in [0.717, 1.165) is 6.08 Å². The van der Waals surface area contributed by atoms with E-state index >= 15 is 0 Å². The minimum atomic E-state index is -4.75. The third-order valence-electron chi connectivity index (χ3n) is 6.60. The molecular formula is C27H25F6N7O2. The van der Waals surface area contributed by atoms with E-state index in [1.165, 1.54) is 17.0 Å². The van der Waals surface area contributed by atoms with Gasteiger partial charge in [-0.05, 0) is 36.4 Å². The second kappa shape index (κ2) is 11.4. The van der Waals surface area contributed by atoms with Crippen LogP contribution in [0.3, 0.4) is 0 Å². The number of nitrogens with zero attached hydrogens (tertiary/aromatic N) is 4. The highest BCUT2D eigenvalue weighted by atomic mass is 19.4. The number of hydrogen-bond donors (Lipinski definition) is 3. The Morgan fingerprint density at radius 1 is 1.05 bits per heavy atom. The molecule has 1 atom stereocenters. The highest BCUT2D eigenvalue weighted by molar-refractivity contribution is 5.99. The lowest BCUT2D eigenvalue weighted by Crippen LogP contribution is -2.58. The molecule has 2 aromatic carbocycles. The number of hydrogen-bond acceptors (Lipinski definition) is 8. The van der Waals surface area contributed by atoms with Gasteiger partial charge in [0.25, 0.3) is 0 Å². The number of fused-ring (bicyclic) bond motifs is 3. The lowest BCUT2D eigenvalue weighted by atomic mass is 10.1. The van der Waals surface area contributed by atoms with Crippen molar-refractivity contribution in [1.82, 2.24) is 14.9 Å². The summed E-state index contributed by atoms with van der Waals surface area (Å²) in [5.41, 5.74) is 0.617. The molecule has 0 saturated carbocycles. The number of aromatic nitrogens is 2. The number of alkyl halides is 6. The third-order valence-corrected chi connectivity index (χ3v) is 6.60. The van der Waals surface area contributed by atoms with Crippen molar-refractivity contribution in [3.63, 3.8) is 0 Å². The third kappa shape index (κ3) is 6.84. The number of nitrogens with one attached hydrogen (secondary N) is 3. The second-order valence-electron chi connectivity index (χ2n) is 9.67. The number of anilines is 6. The lowest BCUT2D eigenvalue weighted by Gasteiger charge is -2.45. The summed E-state index contributed by atoms with van der Waals surface area (Å²) in [6, 6.07) is 10.8. The van der Waals surface area contributed by atoms with Gasteiger partial charge in [0.2, 0.25) is 11.9 Å². The van der Waals surface area contributed by atoms with Gasteiger partial charge in [-0.2, -0.15) is 31.3 Å². The Bertz CT molecular complexity index is 1480. The summed E-state index contributed by atoms with van der Waals surface area (Å²) in [5.74, 6) is -0.647. The molecular weight excluding hydrogens is 568 g/mol. The number of benzene rings is 2. The van der Waals surface area contributed by atoms with Crippen LogP contribution in [0.4, 0.5) is 60.9 Å². The van der Waals surface area contributed by atoms with Gasteiger partial charge in [0.1, 0.15) is 23.7 Å². The van der Waals surface area contributed by atoms with Crippen LogP contribution in [-0.2, 0) is 11.0 Å². The molecule has 222 valence electrons. The average molecular weight is 594 g/mol. The summed E-state index contributed by atoms with van der Waals surface area (Å²) >= 11 is 0. The Balaban J connectivity index is 1.33. The normalized spacial score (nSPS) is 17.0. The van der Waals surface area contributed by atoms with Crippen LogP contribution in [0.15, 0.2) is 61.3 Å². The predicted molar refractivity (Wildman–Crippen MR) is 144 cm³/mol. The topological polar surface area (TPSA) is 94.6 Å². The Morgan fingerprint density at radius 3 is 2.55 bits per heavy atom. The monoisotopic (exact) mass is 593 g/mol. The van der Waals surface area contributed by atoms with Crippen molar-refractivity contribution in [2.45, 2.75) is 18.4 Å². The number of halogens is 6. The standard InChI is InChI=1S/C27H25F6N7O2/c1-2-23(41)35-16-4-3-5-17(10-16)36-24-20(27(31,32)33)12-34-25(38-24)37-18-6-7-21-22(11-18)42-14-19-13-39(8-9-40(19)21)15-26(28,29)30/h2-7,10-12,19H,1,8-9,13-15H2,(H,35,41)(H2,34,36,37,38)/t19-/m1/s1. The van der Waals surface area contributed by atoms with E-state index < -0.39 is 36.2 Å². The van der Waals surface area contributed by atoms with Crippen LogP contribution in [0, 0.1) is 0 Å². The SMILES string of the molecule is C=CC(=O)Nc1cccc(Nc2nc(Nc3ccc4c(c3)OC[C@H]3CN(CC(F)(F)F)CCN43)ncc2C(F)(F)F)c1. The van der Waals surface area contributed by atoms with E-state index in [4.69, 9.17) is 4.74 Å². The number of carbonyl (C=O) groups excluding carboxylic acids is 1. The highest BCUT2D eigenvalue weighted by Crippen LogP contribution is 2.39. The molecule has 3 N–H and O–H groups in total. The maximum atomic E-state index is 13.7. The van der Waals surface area contributed by atoms with E-state index in [1.54, 1.807) is 30.3 Å². The van der Waals surface area contributed by atoms with E-state index in [-0.39, 0.29) is 37.4 Å². The van der Waals surface area contributed by atoms with Crippen molar-refractivity contribution in [2.75, 3.05) is 53.6 Å². The molecule has 42 heavy (non-hydrogen) atoms. The molecule has 0 spiro atoms. The van der Waals surface area contributed by atoms with E-state index in [0.29, 0.717) is 35.6 Å². The average Bonchev–Trinajstić information content (AvgIpc) is 2.91. The van der Waals surface area contributed by atoms with Gasteiger partial charge in [-0.15, -0.1) is 0 Å². The zero-order valence-electron chi connectivity index (χ0n) is 21.9. The summed E-state index contributed by atoms with van der Waals surface area (Å²) in [4.78, 5) is 22.8. The summed E-state index contributed by atoms with van der Waals surface area (Å²) in [7, 11) is 0. The molecule has 3 aromatic rings. The first-order valence-electron chi connectivity index (χ1n) is 12.7. The van der Waals surface area contributed by atoms with Gasteiger partial charge in [0.05, 0.1) is 18.3 Å². The van der Waals surface area contributed by atoms with Gasteiger partial charge in [0.15, 0.2) is 0 Å². The molecule has 1 aromatic heterocycles. The first kappa shape index (κ1) is 29.0. The van der Waals surface area contributed by atoms with E-state index in [2.05, 4.69) is 32.5 Å². The molecule has 0 aliphatic carbocycles. The Morgan fingerprint density at radius 2 is 1.81 bits per heavy atom. The molecule has 1 amide bonds. The highest BCUT2D eigenvalue weighted by Gasteiger charge is 2.38. The Kier molecular flexibility index (Phi) is 7.86. The van der Waals surface area contributed by atoms with Crippen LogP contribution >= 0.6 is 0 Å². The van der Waals surface area contributed by atoms with Gasteiger partial charge in [-0.25, -0.2) is 4.98 Å². The summed E-state index contributed by atoms with van der Waals surface area (Å²) in [6.45, 7) is 3.40. The second-order valence-corrected chi connectivity index (χ2v) is 9.67. The Labute approximate surface area is 236 Å². The van der Waals surface area contributed by atoms with Crippen LogP contribution in [-0.4, -0.2) is 65.8 Å². The molecule has 1 saturated heterocycles. The molecule has 5 rings (SSSR count). The maximum Gasteiger partial charge on any atom is 0.421 e. The van der Waals surface area contributed by atoms with Crippen molar-refractivity contribution >= 4 is 40.4 Å². The zero-order chi connectivity index (χ0) is 30.1. The number of amides is 1. The molecule has 2 aliphatic rings. The summed E-state index contributed by atoms with van der Waals surface area (Å²) in [6.07, 6.45) is -7.32. The predicted octanol–water partition coefficient (Wildman–Crippen LogP) is 5.55. The van der Waals surface area contributed by atoms with Crippen molar-refractivity contribution in [2.24, 2.45) is 0 Å². The zero-order valence-corrected chi connectivity index (χ0v) is 21.9. The van der Waals surface area contributed by atoms with E-state index in [9.17, 15) is 31.1 Å². The maximum absolute atomic E-state index is 13.7. The molecule has 9 nitrogen and oxygen atoms in total. The smallest absolute Gasteiger partial charge is 0.421 e. The van der Waals surface area contributed by atoms with Gasteiger partial charge in [-0.1, -0.05) is 12.6 Å². The number of piperazine rings is 1. The fourth-order valence-electron chi connectivity index (χ4n) is 4.79. The lowest BCUT2D eigenvalue weighted by molar-refractivity contribution is -0.147. The summed E-state index contributed by atoms with van der Waals surface area (Å²) < 4.78 is 85.6. The quantitative estimate of drug-likeness (QED) is 0.243. The molecule has 0 bridgehead atoms. The number of ether oxygens (including phenoxy) is 1. The van der Waals surface area contributed by atoms with E-state index in [1.807, 2.05) is 4.90 Å². The van der Waals surface area contributed by atoms with Crippen molar-refractivity contribution in [1.29, 1.82) is 0 Å². The first-order chi connectivity index (χ1) is 19.9. The van der Waals surface area contributed by atoms with Crippen LogP contribution in [0.2, 0.25) is 0 Å². The van der Waals surface area contributed by atoms with Gasteiger partial charge < -0.3 is 25.6 Å². The molecule has 15 heteroatoms. The summed E-state index contributed by atoms with van der Waals surface area (Å²) in [5, 5.41) is 8.05. The molecule has 3 heterocycles. The fourth-order valence-corrected chi connectivity index (χ4v) is 4.79. The van der Waals surface area contributed by atoms with Crippen molar-refractivity contribution in [3.05, 3.63) is 66.9 Å². The number of carbonyl (C=O) groups is 1. The number of rotatable bonds is 7. The molecule has 0 radical (unpaired) electrons. The van der Waals surface area contributed by atoms with Crippen LogP contribution < -0.4 is 25.6 Å².